The van der Waals surface area contributed by atoms with Crippen molar-refractivity contribution in [1.29, 1.82) is 0 Å². The van der Waals surface area contributed by atoms with Gasteiger partial charge < -0.3 is 5.32 Å². The SMILES string of the molecule is CNCC1CCN(S(=O)(=O)N2CCC(C(C)C)C2)CC1. The van der Waals surface area contributed by atoms with Crippen molar-refractivity contribution in [3.63, 3.8) is 0 Å². The van der Waals surface area contributed by atoms with Crippen LogP contribution in [0.25, 0.3) is 0 Å². The van der Waals surface area contributed by atoms with E-state index in [1.54, 1.807) is 8.61 Å². The van der Waals surface area contributed by atoms with E-state index in [1.165, 1.54) is 0 Å². The van der Waals surface area contributed by atoms with Crippen LogP contribution in [0.5, 0.6) is 0 Å². The maximum atomic E-state index is 12.7. The zero-order valence-corrected chi connectivity index (χ0v) is 13.8. The molecule has 0 amide bonds. The van der Waals surface area contributed by atoms with Gasteiger partial charge in [0, 0.05) is 26.2 Å². The molecule has 0 spiro atoms. The molecule has 0 aromatic carbocycles. The molecule has 2 aliphatic rings. The Morgan fingerprint density at radius 3 is 2.20 bits per heavy atom. The average Bonchev–Trinajstić information content (AvgIpc) is 2.90. The Bertz CT molecular complexity index is 403. The van der Waals surface area contributed by atoms with E-state index in [0.29, 0.717) is 43.9 Å². The van der Waals surface area contributed by atoms with Crippen molar-refractivity contribution in [2.24, 2.45) is 17.8 Å². The Morgan fingerprint density at radius 1 is 1.10 bits per heavy atom. The molecule has 6 heteroatoms. The van der Waals surface area contributed by atoms with E-state index in [2.05, 4.69) is 19.2 Å². The van der Waals surface area contributed by atoms with Crippen molar-refractivity contribution in [1.82, 2.24) is 13.9 Å². The molecule has 0 aliphatic carbocycles. The Morgan fingerprint density at radius 2 is 1.70 bits per heavy atom. The third-order valence-corrected chi connectivity index (χ3v) is 6.85. The van der Waals surface area contributed by atoms with Gasteiger partial charge in [-0.3, -0.25) is 0 Å². The number of nitrogens with one attached hydrogen (secondary N) is 1. The molecule has 2 heterocycles. The maximum Gasteiger partial charge on any atom is 0.281 e. The van der Waals surface area contributed by atoms with E-state index in [1.807, 2.05) is 7.05 Å². The molecule has 0 aromatic rings. The normalized spacial score (nSPS) is 27.5. The van der Waals surface area contributed by atoms with Crippen LogP contribution in [0.1, 0.15) is 33.1 Å². The quantitative estimate of drug-likeness (QED) is 0.829. The molecule has 2 fully saturated rings. The van der Waals surface area contributed by atoms with Gasteiger partial charge in [0.05, 0.1) is 0 Å². The molecule has 20 heavy (non-hydrogen) atoms. The molecule has 2 rings (SSSR count). The lowest BCUT2D eigenvalue weighted by molar-refractivity contribution is 0.254. The molecule has 2 saturated heterocycles. The Kier molecular flexibility index (Phi) is 5.45. The van der Waals surface area contributed by atoms with Crippen molar-refractivity contribution in [2.45, 2.75) is 33.1 Å². The van der Waals surface area contributed by atoms with Gasteiger partial charge in [-0.15, -0.1) is 0 Å². The van der Waals surface area contributed by atoms with E-state index < -0.39 is 10.2 Å². The molecule has 0 saturated carbocycles. The summed E-state index contributed by atoms with van der Waals surface area (Å²) in [5, 5.41) is 3.19. The number of nitrogens with zero attached hydrogens (tertiary/aromatic N) is 2. The minimum atomic E-state index is -3.22. The second kappa shape index (κ2) is 6.73. The van der Waals surface area contributed by atoms with Crippen LogP contribution in [0.2, 0.25) is 0 Å². The predicted octanol–water partition coefficient (Wildman–Crippen LogP) is 1.14. The van der Waals surface area contributed by atoms with Crippen molar-refractivity contribution >= 4 is 10.2 Å². The van der Waals surface area contributed by atoms with E-state index in [-0.39, 0.29) is 0 Å². The molecule has 0 bridgehead atoms. The summed E-state index contributed by atoms with van der Waals surface area (Å²) in [4.78, 5) is 0. The first-order chi connectivity index (χ1) is 9.45. The van der Waals surface area contributed by atoms with Gasteiger partial charge in [0.2, 0.25) is 0 Å². The average molecular weight is 303 g/mol. The first-order valence-electron chi connectivity index (χ1n) is 7.85. The number of piperidine rings is 1. The van der Waals surface area contributed by atoms with Crippen LogP contribution in [0.4, 0.5) is 0 Å². The summed E-state index contributed by atoms with van der Waals surface area (Å²) >= 11 is 0. The van der Waals surface area contributed by atoms with Crippen LogP contribution in [0, 0.1) is 17.8 Å². The van der Waals surface area contributed by atoms with Crippen LogP contribution < -0.4 is 5.32 Å². The van der Waals surface area contributed by atoms with Crippen LogP contribution in [0.15, 0.2) is 0 Å². The smallest absolute Gasteiger partial charge is 0.281 e. The van der Waals surface area contributed by atoms with Crippen LogP contribution >= 0.6 is 0 Å². The molecule has 5 nitrogen and oxygen atoms in total. The van der Waals surface area contributed by atoms with E-state index in [9.17, 15) is 8.42 Å². The monoisotopic (exact) mass is 303 g/mol. The van der Waals surface area contributed by atoms with Crippen LogP contribution in [-0.4, -0.2) is 56.8 Å². The first-order valence-corrected chi connectivity index (χ1v) is 9.24. The summed E-state index contributed by atoms with van der Waals surface area (Å²) in [5.41, 5.74) is 0. The molecule has 1 unspecified atom stereocenters. The third kappa shape index (κ3) is 3.53. The minimum absolute atomic E-state index is 0.520. The Labute approximate surface area is 123 Å². The van der Waals surface area contributed by atoms with Gasteiger partial charge in [0.25, 0.3) is 10.2 Å². The van der Waals surface area contributed by atoms with Gasteiger partial charge in [-0.05, 0) is 50.6 Å². The molecule has 0 radical (unpaired) electrons. The highest BCUT2D eigenvalue weighted by Crippen LogP contribution is 2.28. The maximum absolute atomic E-state index is 12.7. The molecule has 118 valence electrons. The third-order valence-electron chi connectivity index (χ3n) is 4.85. The van der Waals surface area contributed by atoms with Gasteiger partial charge >= 0.3 is 0 Å². The number of rotatable bonds is 5. The molecular weight excluding hydrogens is 274 g/mol. The fourth-order valence-electron chi connectivity index (χ4n) is 3.30. The van der Waals surface area contributed by atoms with Crippen LogP contribution in [0.3, 0.4) is 0 Å². The molecular formula is C14H29N3O2S. The van der Waals surface area contributed by atoms with Gasteiger partial charge in [-0.25, -0.2) is 0 Å². The summed E-state index contributed by atoms with van der Waals surface area (Å²) in [5.74, 6) is 1.71. The predicted molar refractivity (Wildman–Crippen MR) is 81.7 cm³/mol. The zero-order valence-electron chi connectivity index (χ0n) is 13.0. The van der Waals surface area contributed by atoms with Crippen LogP contribution in [-0.2, 0) is 10.2 Å². The number of hydrogen-bond donors (Lipinski definition) is 1. The summed E-state index contributed by atoms with van der Waals surface area (Å²) in [6.07, 6.45) is 2.95. The molecule has 1 N–H and O–H groups in total. The summed E-state index contributed by atoms with van der Waals surface area (Å²) in [6.45, 7) is 8.12. The summed E-state index contributed by atoms with van der Waals surface area (Å²) in [6, 6.07) is 0. The van der Waals surface area contributed by atoms with Crippen molar-refractivity contribution < 1.29 is 8.42 Å². The van der Waals surface area contributed by atoms with Gasteiger partial charge in [-0.1, -0.05) is 13.8 Å². The van der Waals surface area contributed by atoms with Crippen molar-refractivity contribution in [3.8, 4) is 0 Å². The fraction of sp³-hybridized carbons (Fsp3) is 1.00. The van der Waals surface area contributed by atoms with Gasteiger partial charge in [0.15, 0.2) is 0 Å². The topological polar surface area (TPSA) is 52.7 Å². The minimum Gasteiger partial charge on any atom is -0.319 e. The second-order valence-electron chi connectivity index (χ2n) is 6.56. The molecule has 0 aromatic heterocycles. The zero-order chi connectivity index (χ0) is 14.8. The lowest BCUT2D eigenvalue weighted by Gasteiger charge is -2.33. The van der Waals surface area contributed by atoms with E-state index in [0.717, 1.165) is 25.8 Å². The van der Waals surface area contributed by atoms with E-state index >= 15 is 0 Å². The first kappa shape index (κ1) is 16.2. The summed E-state index contributed by atoms with van der Waals surface area (Å²) < 4.78 is 28.7. The largest absolute Gasteiger partial charge is 0.319 e. The molecule has 2 aliphatic heterocycles. The fourth-order valence-corrected chi connectivity index (χ4v) is 5.02. The van der Waals surface area contributed by atoms with Crippen molar-refractivity contribution in [2.75, 3.05) is 39.8 Å². The second-order valence-corrected chi connectivity index (χ2v) is 8.49. The standard InChI is InChI=1S/C14H29N3O2S/c1-12(2)14-6-9-17(11-14)20(18,19)16-7-4-13(5-8-16)10-15-3/h12-15H,4-11H2,1-3H3. The summed E-state index contributed by atoms with van der Waals surface area (Å²) in [7, 11) is -1.26. The highest BCUT2D eigenvalue weighted by atomic mass is 32.2. The highest BCUT2D eigenvalue weighted by Gasteiger charge is 2.37. The lowest BCUT2D eigenvalue weighted by Crippen LogP contribution is -2.47. The lowest BCUT2D eigenvalue weighted by atomic mass is 9.96. The van der Waals surface area contributed by atoms with Gasteiger partial charge in [-0.2, -0.15) is 17.0 Å². The van der Waals surface area contributed by atoms with E-state index in [4.69, 9.17) is 0 Å². The van der Waals surface area contributed by atoms with Gasteiger partial charge in [0.1, 0.15) is 0 Å². The van der Waals surface area contributed by atoms with Crippen molar-refractivity contribution in [3.05, 3.63) is 0 Å². The molecule has 1 atom stereocenters. The highest BCUT2D eigenvalue weighted by molar-refractivity contribution is 7.86. The number of hydrogen-bond acceptors (Lipinski definition) is 3. The Balaban J connectivity index is 1.92. The Hall–Kier alpha value is -0.170.